The number of ether oxygens (including phenoxy) is 1. The molecule has 0 aromatic carbocycles. The Hall–Kier alpha value is -0.680. The van der Waals surface area contributed by atoms with Crippen LogP contribution >= 0.6 is 0 Å². The van der Waals surface area contributed by atoms with E-state index >= 15 is 0 Å². The molecule has 2 fully saturated rings. The molecule has 2 saturated heterocycles. The number of rotatable bonds is 2. The zero-order valence-electron chi connectivity index (χ0n) is 8.83. The summed E-state index contributed by atoms with van der Waals surface area (Å²) in [4.78, 5) is 11.7. The van der Waals surface area contributed by atoms with E-state index in [-0.39, 0.29) is 37.1 Å². The van der Waals surface area contributed by atoms with Crippen LogP contribution in [0.1, 0.15) is 19.8 Å². The summed E-state index contributed by atoms with van der Waals surface area (Å²) in [7, 11) is 0. The Bertz CT molecular complexity index is 250. The quantitative estimate of drug-likeness (QED) is 0.682. The van der Waals surface area contributed by atoms with E-state index in [0.717, 1.165) is 6.42 Å². The molecule has 0 aromatic heterocycles. The first kappa shape index (κ1) is 10.8. The van der Waals surface area contributed by atoms with E-state index in [4.69, 9.17) is 4.74 Å². The minimum absolute atomic E-state index is 0.0662. The molecular weight excluding hydrogens is 199 g/mol. The molecule has 2 N–H and O–H groups in total. The monoisotopic (exact) mass is 216 g/mol. The first-order valence-corrected chi connectivity index (χ1v) is 5.46. The molecule has 86 valence electrons. The zero-order chi connectivity index (χ0) is 10.8. The number of nitrogens with one attached hydrogen (secondary N) is 2. The molecule has 0 bridgehead atoms. The van der Waals surface area contributed by atoms with Gasteiger partial charge in [0, 0.05) is 19.6 Å². The highest BCUT2D eigenvalue weighted by Gasteiger charge is 2.32. The van der Waals surface area contributed by atoms with Gasteiger partial charge in [-0.2, -0.15) is 0 Å². The van der Waals surface area contributed by atoms with E-state index in [1.165, 1.54) is 0 Å². The molecule has 1 amide bonds. The minimum atomic E-state index is -0.891. The Labute approximate surface area is 88.6 Å². The third-order valence-corrected chi connectivity index (χ3v) is 3.10. The number of amides is 1. The Morgan fingerprint density at radius 1 is 1.60 bits per heavy atom. The molecule has 2 aliphatic heterocycles. The molecule has 0 aliphatic carbocycles. The van der Waals surface area contributed by atoms with Gasteiger partial charge in [0.2, 0.25) is 5.91 Å². The summed E-state index contributed by atoms with van der Waals surface area (Å²) in [5.41, 5.74) is 0. The van der Waals surface area contributed by atoms with E-state index in [1.54, 1.807) is 0 Å². The van der Waals surface area contributed by atoms with Gasteiger partial charge in [-0.1, -0.05) is 0 Å². The molecule has 0 saturated carbocycles. The van der Waals surface area contributed by atoms with Crippen molar-refractivity contribution in [3.8, 4) is 0 Å². The van der Waals surface area contributed by atoms with Gasteiger partial charge in [0.25, 0.3) is 0 Å². The topological polar surface area (TPSA) is 50.4 Å². The van der Waals surface area contributed by atoms with Crippen molar-refractivity contribution in [1.82, 2.24) is 10.6 Å². The van der Waals surface area contributed by atoms with Crippen molar-refractivity contribution in [1.29, 1.82) is 0 Å². The van der Waals surface area contributed by atoms with Crippen molar-refractivity contribution in [2.24, 2.45) is 0 Å². The molecule has 0 spiro atoms. The Morgan fingerprint density at radius 3 is 2.93 bits per heavy atom. The van der Waals surface area contributed by atoms with Gasteiger partial charge in [0.15, 0.2) is 0 Å². The van der Waals surface area contributed by atoms with E-state index in [9.17, 15) is 9.18 Å². The zero-order valence-corrected chi connectivity index (χ0v) is 8.83. The average Bonchev–Trinajstić information content (AvgIpc) is 2.77. The van der Waals surface area contributed by atoms with Gasteiger partial charge < -0.3 is 15.4 Å². The minimum Gasteiger partial charge on any atom is -0.376 e. The fourth-order valence-corrected chi connectivity index (χ4v) is 2.10. The molecule has 4 atom stereocenters. The lowest BCUT2D eigenvalue weighted by atomic mass is 10.1. The van der Waals surface area contributed by atoms with Crippen LogP contribution in [-0.4, -0.2) is 43.4 Å². The van der Waals surface area contributed by atoms with Crippen LogP contribution < -0.4 is 10.6 Å². The molecule has 2 rings (SSSR count). The van der Waals surface area contributed by atoms with Gasteiger partial charge in [-0.05, 0) is 13.3 Å². The second kappa shape index (κ2) is 4.45. The molecule has 2 heterocycles. The van der Waals surface area contributed by atoms with Crippen molar-refractivity contribution in [3.05, 3.63) is 0 Å². The normalized spacial score (nSPS) is 40.7. The van der Waals surface area contributed by atoms with Crippen molar-refractivity contribution >= 4 is 5.91 Å². The van der Waals surface area contributed by atoms with Crippen molar-refractivity contribution in [2.75, 3.05) is 13.2 Å². The largest absolute Gasteiger partial charge is 0.376 e. The van der Waals surface area contributed by atoms with Crippen LogP contribution in [0.15, 0.2) is 0 Å². The first-order valence-electron chi connectivity index (χ1n) is 5.46. The number of carbonyl (C=O) groups is 1. The summed E-state index contributed by atoms with van der Waals surface area (Å²) in [5.74, 6) is -0.0995. The maximum absolute atomic E-state index is 12.9. The van der Waals surface area contributed by atoms with Crippen LogP contribution in [0.5, 0.6) is 0 Å². The number of hydrogen-bond acceptors (Lipinski definition) is 3. The number of hydrogen-bond donors (Lipinski definition) is 2. The Morgan fingerprint density at radius 2 is 2.40 bits per heavy atom. The second-order valence-corrected chi connectivity index (χ2v) is 4.27. The van der Waals surface area contributed by atoms with E-state index in [2.05, 4.69) is 10.6 Å². The van der Waals surface area contributed by atoms with Crippen molar-refractivity contribution < 1.29 is 13.9 Å². The molecule has 0 aromatic rings. The molecule has 4 nitrogen and oxygen atoms in total. The summed E-state index contributed by atoms with van der Waals surface area (Å²) in [5, 5.41) is 5.77. The summed E-state index contributed by atoms with van der Waals surface area (Å²) in [6.07, 6.45) is 0.307. The van der Waals surface area contributed by atoms with Gasteiger partial charge in [0.05, 0.1) is 18.2 Å². The molecular formula is C10H17FN2O2. The first-order chi connectivity index (χ1) is 7.16. The van der Waals surface area contributed by atoms with Crippen LogP contribution in [0.4, 0.5) is 4.39 Å². The predicted octanol–water partition coefficient (Wildman–Crippen LogP) is -0.0200. The Balaban J connectivity index is 1.81. The van der Waals surface area contributed by atoms with E-state index < -0.39 is 6.17 Å². The fraction of sp³-hybridized carbons (Fsp3) is 0.900. The lowest BCUT2D eigenvalue weighted by molar-refractivity contribution is -0.123. The Kier molecular flexibility index (Phi) is 3.21. The predicted molar refractivity (Wildman–Crippen MR) is 53.3 cm³/mol. The fourth-order valence-electron chi connectivity index (χ4n) is 2.10. The van der Waals surface area contributed by atoms with E-state index in [1.807, 2.05) is 6.92 Å². The van der Waals surface area contributed by atoms with Crippen LogP contribution in [0.25, 0.3) is 0 Å². The number of alkyl halides is 1. The maximum Gasteiger partial charge on any atom is 0.237 e. The van der Waals surface area contributed by atoms with Crippen molar-refractivity contribution in [2.45, 2.75) is 44.1 Å². The van der Waals surface area contributed by atoms with Crippen LogP contribution in [0, 0.1) is 0 Å². The van der Waals surface area contributed by atoms with Gasteiger partial charge in [-0.15, -0.1) is 0 Å². The number of halogens is 1. The van der Waals surface area contributed by atoms with Gasteiger partial charge in [-0.25, -0.2) is 4.39 Å². The molecule has 0 radical (unpaired) electrons. The maximum atomic E-state index is 12.9. The van der Waals surface area contributed by atoms with Crippen LogP contribution in [0.2, 0.25) is 0 Å². The third-order valence-electron chi connectivity index (χ3n) is 3.10. The summed E-state index contributed by atoms with van der Waals surface area (Å²) >= 11 is 0. The molecule has 15 heavy (non-hydrogen) atoms. The standard InChI is InChI=1S/C10H17FN2O2/c1-6-8(2-3-15-6)13-10(14)9-4-7(11)5-12-9/h6-9,12H,2-5H2,1H3,(H,13,14)/t6?,7-,8?,9+/m0/s1. The second-order valence-electron chi connectivity index (χ2n) is 4.27. The number of carbonyl (C=O) groups excluding carboxylic acids is 1. The van der Waals surface area contributed by atoms with Crippen LogP contribution in [-0.2, 0) is 9.53 Å². The van der Waals surface area contributed by atoms with Gasteiger partial charge in [-0.3, -0.25) is 4.79 Å². The van der Waals surface area contributed by atoms with E-state index in [0.29, 0.717) is 6.61 Å². The highest BCUT2D eigenvalue weighted by atomic mass is 19.1. The lowest BCUT2D eigenvalue weighted by Crippen LogP contribution is -2.47. The highest BCUT2D eigenvalue weighted by Crippen LogP contribution is 2.14. The van der Waals surface area contributed by atoms with Crippen molar-refractivity contribution in [3.63, 3.8) is 0 Å². The van der Waals surface area contributed by atoms with Gasteiger partial charge >= 0.3 is 0 Å². The van der Waals surface area contributed by atoms with Crippen LogP contribution in [0.3, 0.4) is 0 Å². The summed E-state index contributed by atoms with van der Waals surface area (Å²) in [6, 6.07) is -0.286. The molecule has 2 unspecified atom stereocenters. The lowest BCUT2D eigenvalue weighted by Gasteiger charge is -2.18. The van der Waals surface area contributed by atoms with Gasteiger partial charge in [0.1, 0.15) is 6.17 Å². The smallest absolute Gasteiger partial charge is 0.237 e. The highest BCUT2D eigenvalue weighted by molar-refractivity contribution is 5.82. The third kappa shape index (κ3) is 2.46. The average molecular weight is 216 g/mol. The summed E-state index contributed by atoms with van der Waals surface area (Å²) < 4.78 is 18.2. The molecule has 2 aliphatic rings. The SMILES string of the molecule is CC1OCCC1NC(=O)[C@H]1C[C@H](F)CN1. The molecule has 5 heteroatoms. The summed E-state index contributed by atoms with van der Waals surface area (Å²) in [6.45, 7) is 2.92.